The van der Waals surface area contributed by atoms with Crippen molar-refractivity contribution in [3.05, 3.63) is 47.3 Å². The van der Waals surface area contributed by atoms with Crippen molar-refractivity contribution < 1.29 is 19.4 Å². The van der Waals surface area contributed by atoms with Crippen molar-refractivity contribution in [3.63, 3.8) is 0 Å². The zero-order chi connectivity index (χ0) is 15.4. The standard InChI is InChI=1S/C15H16N2O4/c1-9-4-3-5-10(17-9)8-21-14-6-11(15(18)19)12(16)7-13(14)20-2/h3-7H,8,16H2,1-2H3,(H,18,19). The highest BCUT2D eigenvalue weighted by Crippen LogP contribution is 2.32. The molecule has 3 N–H and O–H groups in total. The molecule has 1 aromatic carbocycles. The molecule has 0 aliphatic rings. The second kappa shape index (κ2) is 6.13. The van der Waals surface area contributed by atoms with Gasteiger partial charge in [0.2, 0.25) is 0 Å². The zero-order valence-corrected chi connectivity index (χ0v) is 11.8. The molecule has 0 unspecified atom stereocenters. The van der Waals surface area contributed by atoms with Gasteiger partial charge in [0.05, 0.1) is 24.1 Å². The zero-order valence-electron chi connectivity index (χ0n) is 11.8. The molecule has 0 bridgehead atoms. The van der Waals surface area contributed by atoms with E-state index in [1.54, 1.807) is 0 Å². The van der Waals surface area contributed by atoms with Crippen molar-refractivity contribution >= 4 is 11.7 Å². The average molecular weight is 288 g/mol. The second-order valence-corrected chi connectivity index (χ2v) is 4.45. The van der Waals surface area contributed by atoms with Crippen LogP contribution in [0.4, 0.5) is 5.69 Å². The van der Waals surface area contributed by atoms with E-state index in [1.165, 1.54) is 19.2 Å². The summed E-state index contributed by atoms with van der Waals surface area (Å²) in [7, 11) is 1.47. The van der Waals surface area contributed by atoms with Gasteiger partial charge >= 0.3 is 5.97 Å². The quantitative estimate of drug-likeness (QED) is 0.819. The van der Waals surface area contributed by atoms with Crippen LogP contribution in [0.15, 0.2) is 30.3 Å². The van der Waals surface area contributed by atoms with Crippen LogP contribution in [0, 0.1) is 6.92 Å². The Kier molecular flexibility index (Phi) is 4.27. The molecule has 0 atom stereocenters. The Labute approximate surface area is 122 Å². The number of nitrogens with zero attached hydrogens (tertiary/aromatic N) is 1. The van der Waals surface area contributed by atoms with Crippen LogP contribution in [0.5, 0.6) is 11.5 Å². The molecule has 0 amide bonds. The molecule has 1 heterocycles. The van der Waals surface area contributed by atoms with Gasteiger partial charge in [-0.05, 0) is 19.1 Å². The lowest BCUT2D eigenvalue weighted by molar-refractivity contribution is 0.0697. The summed E-state index contributed by atoms with van der Waals surface area (Å²) >= 11 is 0. The molecule has 21 heavy (non-hydrogen) atoms. The van der Waals surface area contributed by atoms with Gasteiger partial charge in [-0.25, -0.2) is 4.79 Å². The first-order chi connectivity index (χ1) is 10.0. The number of nitrogens with two attached hydrogens (primary N) is 1. The predicted molar refractivity (Wildman–Crippen MR) is 77.7 cm³/mol. The van der Waals surface area contributed by atoms with E-state index in [-0.39, 0.29) is 17.9 Å². The summed E-state index contributed by atoms with van der Waals surface area (Å²) in [4.78, 5) is 15.4. The summed E-state index contributed by atoms with van der Waals surface area (Å²) in [6.07, 6.45) is 0. The Balaban J connectivity index is 2.26. The van der Waals surface area contributed by atoms with Gasteiger partial charge in [0.25, 0.3) is 0 Å². The second-order valence-electron chi connectivity index (χ2n) is 4.45. The van der Waals surface area contributed by atoms with Crippen molar-refractivity contribution in [2.24, 2.45) is 0 Å². The fraction of sp³-hybridized carbons (Fsp3) is 0.200. The molecule has 0 aliphatic carbocycles. The lowest BCUT2D eigenvalue weighted by Crippen LogP contribution is -2.06. The fourth-order valence-corrected chi connectivity index (χ4v) is 1.86. The van der Waals surface area contributed by atoms with E-state index >= 15 is 0 Å². The highest BCUT2D eigenvalue weighted by atomic mass is 16.5. The Morgan fingerprint density at radius 1 is 1.33 bits per heavy atom. The van der Waals surface area contributed by atoms with E-state index < -0.39 is 5.97 Å². The van der Waals surface area contributed by atoms with Crippen LogP contribution in [0.3, 0.4) is 0 Å². The Morgan fingerprint density at radius 2 is 2.10 bits per heavy atom. The summed E-state index contributed by atoms with van der Waals surface area (Å²) in [5, 5.41) is 9.09. The summed E-state index contributed by atoms with van der Waals surface area (Å²) in [5.41, 5.74) is 7.39. The average Bonchev–Trinajstić information content (AvgIpc) is 2.45. The van der Waals surface area contributed by atoms with Crippen LogP contribution in [0.25, 0.3) is 0 Å². The van der Waals surface area contributed by atoms with Crippen molar-refractivity contribution in [3.8, 4) is 11.5 Å². The molecule has 6 heteroatoms. The molecule has 0 aliphatic heterocycles. The highest BCUT2D eigenvalue weighted by Gasteiger charge is 2.15. The Hall–Kier alpha value is -2.76. The third-order valence-electron chi connectivity index (χ3n) is 2.89. The maximum Gasteiger partial charge on any atom is 0.337 e. The van der Waals surface area contributed by atoms with Crippen LogP contribution in [0.2, 0.25) is 0 Å². The minimum atomic E-state index is -1.12. The molecule has 0 radical (unpaired) electrons. The van der Waals surface area contributed by atoms with Crippen LogP contribution < -0.4 is 15.2 Å². The van der Waals surface area contributed by atoms with E-state index in [0.717, 1.165) is 11.4 Å². The molecule has 6 nitrogen and oxygen atoms in total. The first-order valence-corrected chi connectivity index (χ1v) is 6.27. The lowest BCUT2D eigenvalue weighted by Gasteiger charge is -2.13. The monoisotopic (exact) mass is 288 g/mol. The van der Waals surface area contributed by atoms with E-state index in [1.807, 2.05) is 25.1 Å². The van der Waals surface area contributed by atoms with Crippen LogP contribution in [-0.4, -0.2) is 23.2 Å². The normalized spacial score (nSPS) is 10.2. The molecule has 2 rings (SSSR count). The summed E-state index contributed by atoms with van der Waals surface area (Å²) in [5.74, 6) is -0.425. The number of ether oxygens (including phenoxy) is 2. The number of carboxylic acids is 1. The van der Waals surface area contributed by atoms with Gasteiger partial charge in [-0.2, -0.15) is 0 Å². The number of nitrogen functional groups attached to an aromatic ring is 1. The summed E-state index contributed by atoms with van der Waals surface area (Å²) in [6, 6.07) is 8.38. The number of rotatable bonds is 5. The number of aromatic nitrogens is 1. The third-order valence-corrected chi connectivity index (χ3v) is 2.89. The number of benzene rings is 1. The van der Waals surface area contributed by atoms with E-state index in [4.69, 9.17) is 20.3 Å². The van der Waals surface area contributed by atoms with Gasteiger partial charge in [-0.1, -0.05) is 6.07 Å². The maximum atomic E-state index is 11.1. The van der Waals surface area contributed by atoms with E-state index in [9.17, 15) is 4.79 Å². The molecule has 0 spiro atoms. The molecule has 1 aromatic heterocycles. The molecular formula is C15H16N2O4. The molecule has 0 fully saturated rings. The predicted octanol–water partition coefficient (Wildman–Crippen LogP) is 2.26. The minimum Gasteiger partial charge on any atom is -0.493 e. The van der Waals surface area contributed by atoms with Crippen molar-refractivity contribution in [1.29, 1.82) is 0 Å². The van der Waals surface area contributed by atoms with Crippen LogP contribution >= 0.6 is 0 Å². The highest BCUT2D eigenvalue weighted by molar-refractivity contribution is 5.94. The Bertz CT molecular complexity index is 671. The summed E-state index contributed by atoms with van der Waals surface area (Å²) in [6.45, 7) is 2.09. The SMILES string of the molecule is COc1cc(N)c(C(=O)O)cc1OCc1cccc(C)n1. The minimum absolute atomic E-state index is 0.0250. The first-order valence-electron chi connectivity index (χ1n) is 6.27. The van der Waals surface area contributed by atoms with Gasteiger partial charge in [-0.3, -0.25) is 4.98 Å². The van der Waals surface area contributed by atoms with Gasteiger partial charge in [0.1, 0.15) is 6.61 Å². The van der Waals surface area contributed by atoms with Crippen LogP contribution in [0.1, 0.15) is 21.7 Å². The topological polar surface area (TPSA) is 94.7 Å². The van der Waals surface area contributed by atoms with Gasteiger partial charge in [-0.15, -0.1) is 0 Å². The van der Waals surface area contributed by atoms with Crippen molar-refractivity contribution in [2.75, 3.05) is 12.8 Å². The molecule has 2 aromatic rings. The number of methoxy groups -OCH3 is 1. The number of hydrogen-bond donors (Lipinski definition) is 2. The number of hydrogen-bond acceptors (Lipinski definition) is 5. The van der Waals surface area contributed by atoms with Gasteiger partial charge < -0.3 is 20.3 Å². The van der Waals surface area contributed by atoms with Crippen LogP contribution in [-0.2, 0) is 6.61 Å². The third kappa shape index (κ3) is 3.42. The Morgan fingerprint density at radius 3 is 2.71 bits per heavy atom. The maximum absolute atomic E-state index is 11.1. The number of pyridine rings is 1. The largest absolute Gasteiger partial charge is 0.493 e. The lowest BCUT2D eigenvalue weighted by atomic mass is 10.1. The smallest absolute Gasteiger partial charge is 0.337 e. The number of aromatic carboxylic acids is 1. The summed E-state index contributed by atoms with van der Waals surface area (Å²) < 4.78 is 10.8. The van der Waals surface area contributed by atoms with Crippen molar-refractivity contribution in [2.45, 2.75) is 13.5 Å². The number of carboxylic acid groups (broad SMARTS) is 1. The molecule has 0 saturated heterocycles. The fourth-order valence-electron chi connectivity index (χ4n) is 1.86. The number of aryl methyl sites for hydroxylation is 1. The van der Waals surface area contributed by atoms with E-state index in [0.29, 0.717) is 11.5 Å². The molecular weight excluding hydrogens is 272 g/mol. The van der Waals surface area contributed by atoms with Gasteiger partial charge in [0.15, 0.2) is 11.5 Å². The molecule has 0 saturated carbocycles. The number of anilines is 1. The van der Waals surface area contributed by atoms with Crippen molar-refractivity contribution in [1.82, 2.24) is 4.98 Å². The van der Waals surface area contributed by atoms with E-state index in [2.05, 4.69) is 4.98 Å². The van der Waals surface area contributed by atoms with Gasteiger partial charge in [0, 0.05) is 17.8 Å². The molecule has 110 valence electrons. The first kappa shape index (κ1) is 14.6. The number of carbonyl (C=O) groups is 1.